The first kappa shape index (κ1) is 25.1. The number of halogens is 3. The zero-order valence-electron chi connectivity index (χ0n) is 19.2. The monoisotopic (exact) mass is 545 g/mol. The number of carbonyl (C=O) groups excluding carboxylic acids is 1. The maximum Gasteiger partial charge on any atom is 0.269 e. The molecule has 1 aliphatic heterocycles. The summed E-state index contributed by atoms with van der Waals surface area (Å²) in [5.74, 6) is -1.06. The molecule has 2 aromatic carbocycles. The van der Waals surface area contributed by atoms with Gasteiger partial charge in [0.15, 0.2) is 0 Å². The van der Waals surface area contributed by atoms with Gasteiger partial charge in [0.05, 0.1) is 12.6 Å². The summed E-state index contributed by atoms with van der Waals surface area (Å²) in [6.45, 7) is 3.33. The van der Waals surface area contributed by atoms with Gasteiger partial charge >= 0.3 is 0 Å². The third-order valence-corrected chi connectivity index (χ3v) is 6.75. The quantitative estimate of drug-likeness (QED) is 0.445. The lowest BCUT2D eigenvalue weighted by atomic mass is 10.1. The number of aryl methyl sites for hydroxylation is 1. The van der Waals surface area contributed by atoms with Gasteiger partial charge in [-0.05, 0) is 65.5 Å². The van der Waals surface area contributed by atoms with Crippen molar-refractivity contribution < 1.29 is 18.3 Å². The molecule has 0 bridgehead atoms. The molecule has 2 N–H and O–H groups in total. The number of nitrogens with one attached hydrogen (secondary N) is 2. The summed E-state index contributed by atoms with van der Waals surface area (Å²) in [4.78, 5) is 25.1. The fraction of sp³-hybridized carbons (Fsp3) is 0.308. The molecule has 1 aliphatic rings. The highest BCUT2D eigenvalue weighted by Crippen LogP contribution is 2.24. The van der Waals surface area contributed by atoms with Crippen LogP contribution in [-0.4, -0.2) is 23.1 Å². The standard InChI is InChI=1S/C26H26BrF2N3O3/c1-16-11-23(35-15-19-8-9-20(28)12-21(19)29)24(27)26(34)32(16)14-18-6-4-17(5-7-18)13-31-25(33)22-3-2-10-30-22/h4-9,11-12,22,30H,2-3,10,13-15H2,1H3,(H,31,33). The molecular formula is C26H26BrF2N3O3. The Balaban J connectivity index is 1.40. The van der Waals surface area contributed by atoms with E-state index in [-0.39, 0.29) is 39.9 Å². The number of pyridine rings is 1. The number of rotatable bonds is 8. The lowest BCUT2D eigenvalue weighted by Gasteiger charge is -2.15. The number of nitrogens with zero attached hydrogens (tertiary/aromatic N) is 1. The second kappa shape index (κ2) is 11.1. The predicted octanol–water partition coefficient (Wildman–Crippen LogP) is 4.19. The smallest absolute Gasteiger partial charge is 0.269 e. The Bertz CT molecular complexity index is 1270. The first-order valence-electron chi connectivity index (χ1n) is 11.4. The van der Waals surface area contributed by atoms with Crippen molar-refractivity contribution in [2.45, 2.75) is 45.5 Å². The van der Waals surface area contributed by atoms with Crippen LogP contribution in [0.4, 0.5) is 8.78 Å². The van der Waals surface area contributed by atoms with Crippen LogP contribution in [0, 0.1) is 18.6 Å². The largest absolute Gasteiger partial charge is 0.487 e. The molecule has 1 fully saturated rings. The van der Waals surface area contributed by atoms with Crippen molar-refractivity contribution >= 4 is 21.8 Å². The van der Waals surface area contributed by atoms with Crippen LogP contribution in [0.1, 0.15) is 35.2 Å². The van der Waals surface area contributed by atoms with Gasteiger partial charge in [0.2, 0.25) is 5.91 Å². The zero-order valence-corrected chi connectivity index (χ0v) is 20.8. The van der Waals surface area contributed by atoms with E-state index in [2.05, 4.69) is 26.6 Å². The van der Waals surface area contributed by atoms with Crippen molar-refractivity contribution in [3.63, 3.8) is 0 Å². The highest BCUT2D eigenvalue weighted by molar-refractivity contribution is 9.10. The van der Waals surface area contributed by atoms with E-state index in [1.807, 2.05) is 24.3 Å². The van der Waals surface area contributed by atoms with E-state index in [9.17, 15) is 18.4 Å². The first-order valence-corrected chi connectivity index (χ1v) is 12.2. The molecule has 184 valence electrons. The minimum atomic E-state index is -0.704. The van der Waals surface area contributed by atoms with Crippen LogP contribution in [0.25, 0.3) is 0 Å². The van der Waals surface area contributed by atoms with E-state index < -0.39 is 11.6 Å². The van der Waals surface area contributed by atoms with Crippen LogP contribution >= 0.6 is 15.9 Å². The molecule has 9 heteroatoms. The topological polar surface area (TPSA) is 72.4 Å². The SMILES string of the molecule is Cc1cc(OCc2ccc(F)cc2F)c(Br)c(=O)n1Cc1ccc(CNC(=O)C2CCCN2)cc1. The molecule has 35 heavy (non-hydrogen) atoms. The third-order valence-electron chi connectivity index (χ3n) is 6.02. The molecule has 6 nitrogen and oxygen atoms in total. The molecule has 1 unspecified atom stereocenters. The lowest BCUT2D eigenvalue weighted by Crippen LogP contribution is -2.39. The highest BCUT2D eigenvalue weighted by atomic mass is 79.9. The fourth-order valence-electron chi connectivity index (χ4n) is 3.98. The van der Waals surface area contributed by atoms with Gasteiger partial charge in [-0.25, -0.2) is 8.78 Å². The van der Waals surface area contributed by atoms with Gasteiger partial charge < -0.3 is 19.9 Å². The van der Waals surface area contributed by atoms with Crippen LogP contribution in [0.5, 0.6) is 5.75 Å². The van der Waals surface area contributed by atoms with Crippen LogP contribution in [0.3, 0.4) is 0 Å². The van der Waals surface area contributed by atoms with E-state index in [0.717, 1.165) is 42.6 Å². The van der Waals surface area contributed by atoms with Gasteiger partial charge in [0.25, 0.3) is 5.56 Å². The number of benzene rings is 2. The first-order chi connectivity index (χ1) is 16.8. The summed E-state index contributed by atoms with van der Waals surface area (Å²) in [5, 5.41) is 6.13. The van der Waals surface area contributed by atoms with Gasteiger partial charge in [-0.3, -0.25) is 9.59 Å². The van der Waals surface area contributed by atoms with Crippen molar-refractivity contribution in [3.05, 3.63) is 97.4 Å². The number of ether oxygens (including phenoxy) is 1. The van der Waals surface area contributed by atoms with Crippen molar-refractivity contribution in [2.24, 2.45) is 0 Å². The summed E-state index contributed by atoms with van der Waals surface area (Å²) in [6.07, 6.45) is 1.88. The highest BCUT2D eigenvalue weighted by Gasteiger charge is 2.21. The predicted molar refractivity (Wildman–Crippen MR) is 132 cm³/mol. The summed E-state index contributed by atoms with van der Waals surface area (Å²) >= 11 is 3.30. The Labute approximate surface area is 210 Å². The third kappa shape index (κ3) is 6.15. The summed E-state index contributed by atoms with van der Waals surface area (Å²) in [5.41, 5.74) is 2.49. The second-order valence-corrected chi connectivity index (χ2v) is 9.36. The normalized spacial score (nSPS) is 15.3. The fourth-order valence-corrected chi connectivity index (χ4v) is 4.42. The van der Waals surface area contributed by atoms with E-state index in [1.165, 1.54) is 6.07 Å². The zero-order chi connectivity index (χ0) is 24.9. The molecule has 1 saturated heterocycles. The number of aromatic nitrogens is 1. The molecule has 2 heterocycles. The van der Waals surface area contributed by atoms with Gasteiger partial charge in [-0.1, -0.05) is 24.3 Å². The molecular weight excluding hydrogens is 520 g/mol. The van der Waals surface area contributed by atoms with Crippen LogP contribution < -0.4 is 20.9 Å². The Morgan fingerprint density at radius 3 is 2.60 bits per heavy atom. The average Bonchev–Trinajstić information content (AvgIpc) is 3.38. The number of carbonyl (C=O) groups is 1. The molecule has 1 aromatic heterocycles. The minimum Gasteiger partial charge on any atom is -0.487 e. The van der Waals surface area contributed by atoms with Gasteiger partial charge in [0, 0.05) is 29.9 Å². The molecule has 1 atom stereocenters. The Morgan fingerprint density at radius 2 is 1.91 bits per heavy atom. The average molecular weight is 546 g/mol. The van der Waals surface area contributed by atoms with Crippen LogP contribution in [-0.2, 0) is 24.5 Å². The molecule has 0 aliphatic carbocycles. The van der Waals surface area contributed by atoms with Crippen molar-refractivity contribution in [2.75, 3.05) is 6.54 Å². The van der Waals surface area contributed by atoms with Crippen LogP contribution in [0.2, 0.25) is 0 Å². The number of hydrogen-bond donors (Lipinski definition) is 2. The van der Waals surface area contributed by atoms with Crippen molar-refractivity contribution in [1.82, 2.24) is 15.2 Å². The lowest BCUT2D eigenvalue weighted by molar-refractivity contribution is -0.122. The van der Waals surface area contributed by atoms with Gasteiger partial charge in [-0.15, -0.1) is 0 Å². The number of amides is 1. The van der Waals surface area contributed by atoms with E-state index in [4.69, 9.17) is 4.74 Å². The van der Waals surface area contributed by atoms with Gasteiger partial charge in [-0.2, -0.15) is 0 Å². The maximum absolute atomic E-state index is 13.9. The molecule has 4 rings (SSSR count). The molecule has 0 spiro atoms. The van der Waals surface area contributed by atoms with Crippen molar-refractivity contribution in [1.29, 1.82) is 0 Å². The van der Waals surface area contributed by atoms with E-state index in [1.54, 1.807) is 17.6 Å². The molecule has 1 amide bonds. The van der Waals surface area contributed by atoms with E-state index >= 15 is 0 Å². The Hall–Kier alpha value is -3.04. The van der Waals surface area contributed by atoms with Gasteiger partial charge in [0.1, 0.15) is 28.5 Å². The van der Waals surface area contributed by atoms with Crippen molar-refractivity contribution in [3.8, 4) is 5.75 Å². The summed E-state index contributed by atoms with van der Waals surface area (Å²) in [6, 6.07) is 12.6. The Morgan fingerprint density at radius 1 is 1.17 bits per heavy atom. The van der Waals surface area contributed by atoms with Crippen LogP contribution in [0.15, 0.2) is 57.8 Å². The molecule has 0 saturated carbocycles. The Kier molecular flexibility index (Phi) is 7.97. The summed E-state index contributed by atoms with van der Waals surface area (Å²) in [7, 11) is 0. The minimum absolute atomic E-state index is 0.0167. The van der Waals surface area contributed by atoms with E-state index in [0.29, 0.717) is 18.8 Å². The maximum atomic E-state index is 13.9. The number of hydrogen-bond acceptors (Lipinski definition) is 4. The molecule has 3 aromatic rings. The second-order valence-electron chi connectivity index (χ2n) is 8.56. The summed E-state index contributed by atoms with van der Waals surface area (Å²) < 4.78 is 34.5. The molecule has 0 radical (unpaired) electrons.